The van der Waals surface area contributed by atoms with Gasteiger partial charge in [0.25, 0.3) is 11.5 Å². The quantitative estimate of drug-likeness (QED) is 0.622. The molecule has 3 aliphatic rings. The van der Waals surface area contributed by atoms with E-state index in [1.807, 2.05) is 6.92 Å². The zero-order chi connectivity index (χ0) is 22.2. The molecule has 1 N–H and O–H groups in total. The predicted octanol–water partition coefficient (Wildman–Crippen LogP) is 4.99. The molecule has 0 amide bonds. The van der Waals surface area contributed by atoms with E-state index >= 15 is 0 Å². The Hall–Kier alpha value is -2.90. The number of benzene rings is 1. The van der Waals surface area contributed by atoms with E-state index in [0.29, 0.717) is 47.4 Å². The van der Waals surface area contributed by atoms with Gasteiger partial charge in [-0.2, -0.15) is 0 Å². The molecule has 0 saturated heterocycles. The number of hydrogen-bond donors (Lipinski definition) is 1. The van der Waals surface area contributed by atoms with E-state index in [1.165, 1.54) is 18.2 Å². The standard InChI is InChI=1S/C23H23F3N4O/c1-13(15-5-4-6-16(7-15)21(3,24)25)27-20-17-9-30(23-10-22(26,11-23)12-23)19(31)8-18(17)28-14(2)29-20/h4-9,13H,10-12H2,1-3H3,(H,27,28,29)/t13-,22?,23?/m1/s1. The lowest BCUT2D eigenvalue weighted by Gasteiger charge is -2.66. The van der Waals surface area contributed by atoms with Crippen molar-refractivity contribution in [3.05, 3.63) is 63.8 Å². The normalized spacial score (nSPS) is 25.6. The largest absolute Gasteiger partial charge is 0.363 e. The summed E-state index contributed by atoms with van der Waals surface area (Å²) in [6, 6.07) is 7.42. The third-order valence-electron chi connectivity index (χ3n) is 6.54. The third kappa shape index (κ3) is 3.20. The van der Waals surface area contributed by atoms with Gasteiger partial charge in [0.05, 0.1) is 16.4 Å². The molecule has 1 atom stereocenters. The van der Waals surface area contributed by atoms with Gasteiger partial charge in [0.1, 0.15) is 17.3 Å². The number of halogens is 3. The van der Waals surface area contributed by atoms with Crippen molar-refractivity contribution in [1.82, 2.24) is 14.5 Å². The molecule has 5 nitrogen and oxygen atoms in total. The van der Waals surface area contributed by atoms with Crippen molar-refractivity contribution < 1.29 is 13.2 Å². The number of pyridine rings is 1. The highest BCUT2D eigenvalue weighted by atomic mass is 19.3. The van der Waals surface area contributed by atoms with Crippen molar-refractivity contribution in [2.45, 2.75) is 63.2 Å². The molecule has 1 aromatic carbocycles. The molecule has 2 heterocycles. The smallest absolute Gasteiger partial charge is 0.270 e. The first-order valence-corrected chi connectivity index (χ1v) is 10.3. The molecule has 31 heavy (non-hydrogen) atoms. The molecule has 3 aromatic rings. The van der Waals surface area contributed by atoms with Crippen LogP contribution in [-0.2, 0) is 11.5 Å². The summed E-state index contributed by atoms with van der Waals surface area (Å²) in [5, 5.41) is 3.93. The fourth-order valence-electron chi connectivity index (χ4n) is 4.94. The maximum atomic E-state index is 14.0. The maximum Gasteiger partial charge on any atom is 0.270 e. The fraction of sp³-hybridized carbons (Fsp3) is 0.435. The van der Waals surface area contributed by atoms with Crippen LogP contribution in [0.1, 0.15) is 56.1 Å². The van der Waals surface area contributed by atoms with E-state index in [2.05, 4.69) is 15.3 Å². The number of nitrogens with zero attached hydrogens (tertiary/aromatic N) is 3. The highest BCUT2D eigenvalue weighted by molar-refractivity contribution is 5.88. The van der Waals surface area contributed by atoms with Crippen LogP contribution < -0.4 is 10.9 Å². The van der Waals surface area contributed by atoms with Gasteiger partial charge in [-0.3, -0.25) is 4.79 Å². The summed E-state index contributed by atoms with van der Waals surface area (Å²) in [5.74, 6) is -1.93. The molecule has 0 aliphatic heterocycles. The first-order valence-electron chi connectivity index (χ1n) is 10.3. The number of alkyl halides is 3. The van der Waals surface area contributed by atoms with Crippen molar-refractivity contribution in [2.75, 3.05) is 5.32 Å². The van der Waals surface area contributed by atoms with Gasteiger partial charge in [-0.05, 0) is 25.5 Å². The van der Waals surface area contributed by atoms with Crippen molar-refractivity contribution in [3.8, 4) is 0 Å². The number of anilines is 1. The Bertz CT molecular complexity index is 1240. The van der Waals surface area contributed by atoms with Crippen LogP contribution in [0.3, 0.4) is 0 Å². The Morgan fingerprint density at radius 2 is 1.90 bits per heavy atom. The summed E-state index contributed by atoms with van der Waals surface area (Å²) in [4.78, 5) is 21.6. The Balaban J connectivity index is 1.53. The van der Waals surface area contributed by atoms with E-state index in [1.54, 1.807) is 29.8 Å². The van der Waals surface area contributed by atoms with Gasteiger partial charge in [-0.25, -0.2) is 23.1 Å². The summed E-state index contributed by atoms with van der Waals surface area (Å²) in [7, 11) is 0. The van der Waals surface area contributed by atoms with E-state index in [4.69, 9.17) is 0 Å². The number of nitrogens with one attached hydrogen (secondary N) is 1. The summed E-state index contributed by atoms with van der Waals surface area (Å²) in [6.07, 6.45) is 2.78. The Labute approximate surface area is 177 Å². The number of hydrogen-bond acceptors (Lipinski definition) is 4. The minimum absolute atomic E-state index is 0.0556. The SMILES string of the molecule is Cc1nc(N[C@H](C)c2cccc(C(C)(F)F)c2)c2cn(C34CC(F)(C3)C4)c(=O)cc2n1. The molecule has 3 aliphatic carbocycles. The van der Waals surface area contributed by atoms with Crippen LogP contribution in [0.5, 0.6) is 0 Å². The zero-order valence-electron chi connectivity index (χ0n) is 17.5. The van der Waals surface area contributed by atoms with E-state index in [-0.39, 0.29) is 17.2 Å². The van der Waals surface area contributed by atoms with Crippen LogP contribution in [-0.4, -0.2) is 20.2 Å². The van der Waals surface area contributed by atoms with Crippen molar-refractivity contribution in [1.29, 1.82) is 0 Å². The molecule has 8 heteroatoms. The lowest BCUT2D eigenvalue weighted by molar-refractivity contribution is -0.199. The second-order valence-corrected chi connectivity index (χ2v) is 9.19. The molecule has 162 valence electrons. The third-order valence-corrected chi connectivity index (χ3v) is 6.54. The van der Waals surface area contributed by atoms with Crippen LogP contribution >= 0.6 is 0 Å². The first kappa shape index (κ1) is 20.0. The van der Waals surface area contributed by atoms with Crippen LogP contribution in [0.15, 0.2) is 41.3 Å². The number of rotatable bonds is 5. The predicted molar refractivity (Wildman–Crippen MR) is 112 cm³/mol. The van der Waals surface area contributed by atoms with Crippen molar-refractivity contribution in [2.24, 2.45) is 0 Å². The molecule has 0 unspecified atom stereocenters. The Morgan fingerprint density at radius 3 is 2.55 bits per heavy atom. The molecule has 2 bridgehead atoms. The van der Waals surface area contributed by atoms with Gasteiger partial charge in [0, 0.05) is 50.1 Å². The molecule has 2 aromatic heterocycles. The topological polar surface area (TPSA) is 59.8 Å². The zero-order valence-corrected chi connectivity index (χ0v) is 17.5. The highest BCUT2D eigenvalue weighted by Gasteiger charge is 2.70. The van der Waals surface area contributed by atoms with Crippen LogP contribution in [0.2, 0.25) is 0 Å². The molecular formula is C23H23F3N4O. The summed E-state index contributed by atoms with van der Waals surface area (Å²) >= 11 is 0. The second-order valence-electron chi connectivity index (χ2n) is 9.19. The molecule has 3 saturated carbocycles. The molecular weight excluding hydrogens is 405 g/mol. The lowest BCUT2D eigenvalue weighted by atomic mass is 9.47. The summed E-state index contributed by atoms with van der Waals surface area (Å²) in [6.45, 7) is 4.46. The average Bonchev–Trinajstić information content (AvgIpc) is 2.64. The molecule has 0 spiro atoms. The van der Waals surface area contributed by atoms with E-state index < -0.39 is 17.1 Å². The van der Waals surface area contributed by atoms with Crippen molar-refractivity contribution in [3.63, 3.8) is 0 Å². The second kappa shape index (κ2) is 6.31. The number of aromatic nitrogens is 3. The van der Waals surface area contributed by atoms with Crippen LogP contribution in [0.4, 0.5) is 19.0 Å². The van der Waals surface area contributed by atoms with Gasteiger partial charge >= 0.3 is 0 Å². The molecule has 3 fully saturated rings. The molecule has 6 rings (SSSR count). The fourth-order valence-corrected chi connectivity index (χ4v) is 4.94. The van der Waals surface area contributed by atoms with Gasteiger partial charge in [0.15, 0.2) is 0 Å². The highest BCUT2D eigenvalue weighted by Crippen LogP contribution is 2.67. The minimum Gasteiger partial charge on any atom is -0.363 e. The monoisotopic (exact) mass is 428 g/mol. The van der Waals surface area contributed by atoms with E-state index in [0.717, 1.165) is 6.92 Å². The minimum atomic E-state index is -2.93. The lowest BCUT2D eigenvalue weighted by Crippen LogP contribution is -2.71. The number of fused-ring (bicyclic) bond motifs is 1. The van der Waals surface area contributed by atoms with Gasteiger partial charge in [-0.1, -0.05) is 18.2 Å². The summed E-state index contributed by atoms with van der Waals surface area (Å²) in [5.41, 5.74) is -0.645. The first-order chi connectivity index (χ1) is 14.5. The van der Waals surface area contributed by atoms with Gasteiger partial charge < -0.3 is 9.88 Å². The number of aryl methyl sites for hydroxylation is 1. The molecule has 0 radical (unpaired) electrons. The van der Waals surface area contributed by atoms with Gasteiger partial charge in [0.2, 0.25) is 0 Å². The van der Waals surface area contributed by atoms with Crippen molar-refractivity contribution >= 4 is 16.7 Å². The van der Waals surface area contributed by atoms with Gasteiger partial charge in [-0.15, -0.1) is 0 Å². The summed E-state index contributed by atoms with van der Waals surface area (Å²) < 4.78 is 43.2. The van der Waals surface area contributed by atoms with Crippen LogP contribution in [0, 0.1) is 6.92 Å². The Kier molecular flexibility index (Phi) is 4.08. The average molecular weight is 428 g/mol. The maximum absolute atomic E-state index is 14.0. The van der Waals surface area contributed by atoms with E-state index in [9.17, 15) is 18.0 Å². The Morgan fingerprint density at radius 1 is 1.19 bits per heavy atom. The van der Waals surface area contributed by atoms with Crippen LogP contribution in [0.25, 0.3) is 10.9 Å².